The Kier molecular flexibility index (Phi) is 4.94. The van der Waals surface area contributed by atoms with Crippen molar-refractivity contribution in [2.24, 2.45) is 0 Å². The summed E-state index contributed by atoms with van der Waals surface area (Å²) < 4.78 is 1.56. The first-order chi connectivity index (χ1) is 11.5. The minimum absolute atomic E-state index is 0.0169. The van der Waals surface area contributed by atoms with Crippen molar-refractivity contribution in [1.82, 2.24) is 9.78 Å². The maximum absolute atomic E-state index is 11.6. The third-order valence-corrected chi connectivity index (χ3v) is 4.65. The Bertz CT molecular complexity index is 907. The molecule has 4 nitrogen and oxygen atoms in total. The van der Waals surface area contributed by atoms with Gasteiger partial charge in [0, 0.05) is 21.5 Å². The van der Waals surface area contributed by atoms with Gasteiger partial charge < -0.3 is 5.11 Å². The summed E-state index contributed by atoms with van der Waals surface area (Å²) in [5.74, 6) is -1.09. The van der Waals surface area contributed by atoms with Gasteiger partial charge in [-0.05, 0) is 24.3 Å². The number of carboxylic acids is 1. The lowest BCUT2D eigenvalue weighted by atomic mass is 10.1. The van der Waals surface area contributed by atoms with Gasteiger partial charge in [-0.15, -0.1) is 0 Å². The Balaban J connectivity index is 2.34. The molecule has 0 fully saturated rings. The number of alkyl halides is 1. The third-order valence-electron chi connectivity index (χ3n) is 3.52. The minimum Gasteiger partial charge on any atom is -0.476 e. The predicted octanol–water partition coefficient (Wildman–Crippen LogP) is 5.44. The molecule has 0 saturated heterocycles. The molecule has 0 aliphatic heterocycles. The minimum atomic E-state index is -1.09. The lowest BCUT2D eigenvalue weighted by Crippen LogP contribution is -2.03. The predicted molar refractivity (Wildman–Crippen MR) is 98.6 cm³/mol. The van der Waals surface area contributed by atoms with Gasteiger partial charge in [0.05, 0.1) is 16.4 Å². The van der Waals surface area contributed by atoms with Crippen LogP contribution in [-0.4, -0.2) is 20.9 Å². The number of hydrogen-bond donors (Lipinski definition) is 1. The maximum atomic E-state index is 11.6. The summed E-state index contributed by atoms with van der Waals surface area (Å²) in [6.07, 6.45) is 0. The van der Waals surface area contributed by atoms with Crippen LogP contribution in [0.3, 0.4) is 0 Å². The molecule has 122 valence electrons. The monoisotopic (exact) mass is 424 g/mol. The van der Waals surface area contributed by atoms with E-state index in [4.69, 9.17) is 23.2 Å². The standard InChI is InChI=1S/C17H11BrCl2N2O2/c18-9-12-15(17(23)24)21-22(14-4-2-1-3-13(14)20)16(12)10-5-7-11(19)8-6-10/h1-8H,9H2,(H,23,24). The van der Waals surface area contributed by atoms with Crippen molar-refractivity contribution >= 4 is 45.1 Å². The number of rotatable bonds is 4. The molecular weight excluding hydrogens is 415 g/mol. The molecule has 0 bridgehead atoms. The van der Waals surface area contributed by atoms with E-state index >= 15 is 0 Å². The van der Waals surface area contributed by atoms with Crippen molar-refractivity contribution in [2.45, 2.75) is 5.33 Å². The van der Waals surface area contributed by atoms with Gasteiger partial charge in [0.15, 0.2) is 5.69 Å². The van der Waals surface area contributed by atoms with Crippen LogP contribution in [0, 0.1) is 0 Å². The molecule has 2 aromatic carbocycles. The molecule has 0 unspecified atom stereocenters. The second-order valence-corrected chi connectivity index (χ2v) is 6.39. The van der Waals surface area contributed by atoms with E-state index in [1.165, 1.54) is 0 Å². The summed E-state index contributed by atoms with van der Waals surface area (Å²) in [5.41, 5.74) is 2.63. The number of carbonyl (C=O) groups is 1. The fourth-order valence-electron chi connectivity index (χ4n) is 2.45. The van der Waals surface area contributed by atoms with Crippen molar-refractivity contribution in [3.8, 4) is 16.9 Å². The lowest BCUT2D eigenvalue weighted by Gasteiger charge is -2.10. The fraction of sp³-hybridized carbons (Fsp3) is 0.0588. The molecule has 1 aromatic heterocycles. The highest BCUT2D eigenvalue weighted by Crippen LogP contribution is 2.33. The Morgan fingerprint density at radius 1 is 1.12 bits per heavy atom. The second-order valence-electron chi connectivity index (χ2n) is 4.98. The summed E-state index contributed by atoms with van der Waals surface area (Å²) in [6, 6.07) is 14.3. The van der Waals surface area contributed by atoms with Crippen molar-refractivity contribution < 1.29 is 9.90 Å². The third kappa shape index (κ3) is 3.07. The highest BCUT2D eigenvalue weighted by atomic mass is 79.9. The molecule has 0 spiro atoms. The number of nitrogens with zero attached hydrogens (tertiary/aromatic N) is 2. The number of aromatic nitrogens is 2. The van der Waals surface area contributed by atoms with Crippen LogP contribution in [0.4, 0.5) is 0 Å². The first-order valence-corrected chi connectivity index (χ1v) is 8.82. The van der Waals surface area contributed by atoms with E-state index in [0.29, 0.717) is 32.3 Å². The van der Waals surface area contributed by atoms with Gasteiger partial charge in [-0.25, -0.2) is 9.48 Å². The van der Waals surface area contributed by atoms with Crippen LogP contribution in [-0.2, 0) is 5.33 Å². The zero-order valence-corrected chi connectivity index (χ0v) is 15.3. The molecule has 7 heteroatoms. The van der Waals surface area contributed by atoms with Crippen molar-refractivity contribution in [3.05, 3.63) is 69.8 Å². The van der Waals surface area contributed by atoms with Gasteiger partial charge in [-0.1, -0.05) is 63.4 Å². The molecule has 1 heterocycles. The number of carboxylic acid groups (broad SMARTS) is 1. The average molecular weight is 426 g/mol. The van der Waals surface area contributed by atoms with Gasteiger partial charge in [-0.3, -0.25) is 0 Å². The van der Waals surface area contributed by atoms with Crippen LogP contribution in [0.2, 0.25) is 10.0 Å². The molecule has 0 atom stereocenters. The van der Waals surface area contributed by atoms with Gasteiger partial charge in [-0.2, -0.15) is 5.10 Å². The largest absolute Gasteiger partial charge is 0.476 e. The molecule has 0 aliphatic rings. The molecule has 1 N–H and O–H groups in total. The summed E-state index contributed by atoms with van der Waals surface area (Å²) in [5, 5.41) is 15.2. The van der Waals surface area contributed by atoms with Crippen molar-refractivity contribution in [3.63, 3.8) is 0 Å². The smallest absolute Gasteiger partial charge is 0.356 e. The van der Waals surface area contributed by atoms with E-state index in [9.17, 15) is 9.90 Å². The Morgan fingerprint density at radius 2 is 1.79 bits per heavy atom. The normalized spacial score (nSPS) is 10.8. The zero-order chi connectivity index (χ0) is 17.3. The lowest BCUT2D eigenvalue weighted by molar-refractivity contribution is 0.0689. The quantitative estimate of drug-likeness (QED) is 0.566. The zero-order valence-electron chi connectivity index (χ0n) is 12.2. The Hall–Kier alpha value is -1.82. The van der Waals surface area contributed by atoms with Gasteiger partial charge in [0.1, 0.15) is 0 Å². The first-order valence-electron chi connectivity index (χ1n) is 6.95. The molecule has 3 aromatic rings. The van der Waals surface area contributed by atoms with Gasteiger partial charge in [0.2, 0.25) is 0 Å². The molecule has 3 rings (SSSR count). The van der Waals surface area contributed by atoms with Gasteiger partial charge in [0.25, 0.3) is 0 Å². The summed E-state index contributed by atoms with van der Waals surface area (Å²) in [7, 11) is 0. The summed E-state index contributed by atoms with van der Waals surface area (Å²) in [6.45, 7) is 0. The molecule has 0 amide bonds. The first kappa shape index (κ1) is 17.0. The Morgan fingerprint density at radius 3 is 2.38 bits per heavy atom. The van der Waals surface area contributed by atoms with Crippen LogP contribution in [0.5, 0.6) is 0 Å². The fourth-order valence-corrected chi connectivity index (χ4v) is 3.32. The molecule has 0 aliphatic carbocycles. The van der Waals surface area contributed by atoms with E-state index in [-0.39, 0.29) is 5.69 Å². The molecule has 0 saturated carbocycles. The van der Waals surface area contributed by atoms with E-state index in [1.54, 1.807) is 35.0 Å². The van der Waals surface area contributed by atoms with E-state index in [0.717, 1.165) is 5.56 Å². The number of benzene rings is 2. The van der Waals surface area contributed by atoms with Crippen LogP contribution in [0.15, 0.2) is 48.5 Å². The highest BCUT2D eigenvalue weighted by Gasteiger charge is 2.24. The number of halogens is 3. The number of aromatic carboxylic acids is 1. The summed E-state index contributed by atoms with van der Waals surface area (Å²) >= 11 is 15.6. The SMILES string of the molecule is O=C(O)c1nn(-c2ccccc2Cl)c(-c2ccc(Cl)cc2)c1CBr. The molecular formula is C17H11BrCl2N2O2. The van der Waals surface area contributed by atoms with Crippen LogP contribution in [0.25, 0.3) is 16.9 Å². The number of para-hydroxylation sites is 1. The summed E-state index contributed by atoms with van der Waals surface area (Å²) in [4.78, 5) is 11.6. The second kappa shape index (κ2) is 6.97. The van der Waals surface area contributed by atoms with Crippen LogP contribution >= 0.6 is 39.1 Å². The molecule has 24 heavy (non-hydrogen) atoms. The maximum Gasteiger partial charge on any atom is 0.356 e. The van der Waals surface area contributed by atoms with Crippen molar-refractivity contribution in [2.75, 3.05) is 0 Å². The van der Waals surface area contributed by atoms with Crippen LogP contribution < -0.4 is 0 Å². The van der Waals surface area contributed by atoms with Crippen molar-refractivity contribution in [1.29, 1.82) is 0 Å². The average Bonchev–Trinajstić information content (AvgIpc) is 2.95. The van der Waals surface area contributed by atoms with Gasteiger partial charge >= 0.3 is 5.97 Å². The highest BCUT2D eigenvalue weighted by molar-refractivity contribution is 9.08. The van der Waals surface area contributed by atoms with E-state index < -0.39 is 5.97 Å². The van der Waals surface area contributed by atoms with Crippen LogP contribution in [0.1, 0.15) is 16.1 Å². The number of hydrogen-bond acceptors (Lipinski definition) is 2. The van der Waals surface area contributed by atoms with E-state index in [1.807, 2.05) is 18.2 Å². The van der Waals surface area contributed by atoms with E-state index in [2.05, 4.69) is 21.0 Å². The topological polar surface area (TPSA) is 55.1 Å². The molecule has 0 radical (unpaired) electrons. The Labute approximate surface area is 156 Å².